The van der Waals surface area contributed by atoms with Gasteiger partial charge in [-0.05, 0) is 25.7 Å². The Kier molecular flexibility index (Phi) is 3.93. The molecule has 1 amide bonds. The van der Waals surface area contributed by atoms with Crippen molar-refractivity contribution >= 4 is 5.91 Å². The lowest BCUT2D eigenvalue weighted by atomic mass is 9.87. The third kappa shape index (κ3) is 2.53. The van der Waals surface area contributed by atoms with Crippen molar-refractivity contribution in [3.8, 4) is 6.07 Å². The van der Waals surface area contributed by atoms with Crippen LogP contribution in [0.25, 0.3) is 0 Å². The van der Waals surface area contributed by atoms with Crippen LogP contribution in [0.15, 0.2) is 0 Å². The number of hydrogen-bond acceptors (Lipinski definition) is 3. The molecule has 1 fully saturated rings. The van der Waals surface area contributed by atoms with Gasteiger partial charge in [-0.3, -0.25) is 4.79 Å². The average Bonchev–Trinajstić information content (AvgIpc) is 2.28. The van der Waals surface area contributed by atoms with Crippen LogP contribution in [0.4, 0.5) is 0 Å². The molecule has 1 aliphatic heterocycles. The highest BCUT2D eigenvalue weighted by atomic mass is 16.2. The second-order valence-electron chi connectivity index (χ2n) is 5.13. The van der Waals surface area contributed by atoms with Gasteiger partial charge in [-0.25, -0.2) is 0 Å². The van der Waals surface area contributed by atoms with Crippen molar-refractivity contribution < 1.29 is 4.79 Å². The summed E-state index contributed by atoms with van der Waals surface area (Å²) in [4.78, 5) is 14.0. The molecule has 2 N–H and O–H groups in total. The van der Waals surface area contributed by atoms with E-state index in [2.05, 4.69) is 6.07 Å². The van der Waals surface area contributed by atoms with E-state index >= 15 is 0 Å². The summed E-state index contributed by atoms with van der Waals surface area (Å²) in [5, 5.41) is 8.79. The molecule has 0 saturated carbocycles. The molecule has 90 valence electrons. The Labute approximate surface area is 97.4 Å². The van der Waals surface area contributed by atoms with E-state index in [9.17, 15) is 4.79 Å². The van der Waals surface area contributed by atoms with Crippen molar-refractivity contribution in [1.29, 1.82) is 5.26 Å². The highest BCUT2D eigenvalue weighted by Gasteiger charge is 2.36. The molecule has 1 atom stereocenters. The highest BCUT2D eigenvalue weighted by Crippen LogP contribution is 2.21. The fourth-order valence-electron chi connectivity index (χ4n) is 1.80. The zero-order valence-corrected chi connectivity index (χ0v) is 10.4. The third-order valence-electron chi connectivity index (χ3n) is 3.62. The van der Waals surface area contributed by atoms with Crippen LogP contribution in [0.5, 0.6) is 0 Å². The van der Waals surface area contributed by atoms with Crippen molar-refractivity contribution in [2.45, 2.75) is 39.2 Å². The highest BCUT2D eigenvalue weighted by molar-refractivity contribution is 5.86. The lowest BCUT2D eigenvalue weighted by molar-refractivity contribution is -0.139. The minimum absolute atomic E-state index is 0.0129. The van der Waals surface area contributed by atoms with Crippen molar-refractivity contribution in [2.24, 2.45) is 17.6 Å². The second kappa shape index (κ2) is 4.84. The Balaban J connectivity index is 2.61. The lowest BCUT2D eigenvalue weighted by Gasteiger charge is -2.37. The predicted molar refractivity (Wildman–Crippen MR) is 62.3 cm³/mol. The number of nitriles is 1. The first-order valence-electron chi connectivity index (χ1n) is 5.87. The van der Waals surface area contributed by atoms with Crippen LogP contribution in [0.3, 0.4) is 0 Å². The first-order valence-corrected chi connectivity index (χ1v) is 5.87. The molecule has 1 saturated heterocycles. The normalized spacial score (nSPS) is 21.6. The van der Waals surface area contributed by atoms with E-state index in [0.29, 0.717) is 13.1 Å². The molecule has 1 aliphatic rings. The van der Waals surface area contributed by atoms with E-state index in [-0.39, 0.29) is 17.7 Å². The molecule has 16 heavy (non-hydrogen) atoms. The van der Waals surface area contributed by atoms with Crippen molar-refractivity contribution in [2.75, 3.05) is 13.1 Å². The Morgan fingerprint density at radius 1 is 1.50 bits per heavy atom. The van der Waals surface area contributed by atoms with E-state index in [1.54, 1.807) is 11.8 Å². The van der Waals surface area contributed by atoms with Gasteiger partial charge in [0.05, 0.1) is 11.6 Å². The number of nitrogens with zero attached hydrogens (tertiary/aromatic N) is 2. The van der Waals surface area contributed by atoms with E-state index in [4.69, 9.17) is 11.0 Å². The lowest BCUT2D eigenvalue weighted by Crippen LogP contribution is -2.57. The largest absolute Gasteiger partial charge is 0.341 e. The van der Waals surface area contributed by atoms with Gasteiger partial charge in [-0.15, -0.1) is 0 Å². The maximum absolute atomic E-state index is 12.2. The minimum atomic E-state index is -0.792. The van der Waals surface area contributed by atoms with Gasteiger partial charge < -0.3 is 10.6 Å². The molecule has 0 aromatic carbocycles. The molecule has 4 nitrogen and oxygen atoms in total. The van der Waals surface area contributed by atoms with Gasteiger partial charge >= 0.3 is 0 Å². The molecular weight excluding hydrogens is 202 g/mol. The zero-order valence-electron chi connectivity index (χ0n) is 10.4. The van der Waals surface area contributed by atoms with Gasteiger partial charge in [-0.1, -0.05) is 13.8 Å². The summed E-state index contributed by atoms with van der Waals surface area (Å²) < 4.78 is 0. The van der Waals surface area contributed by atoms with Gasteiger partial charge in [0.1, 0.15) is 0 Å². The van der Waals surface area contributed by atoms with Crippen LogP contribution in [0.2, 0.25) is 0 Å². The fourth-order valence-corrected chi connectivity index (χ4v) is 1.80. The van der Waals surface area contributed by atoms with E-state index in [1.165, 1.54) is 0 Å². The summed E-state index contributed by atoms with van der Waals surface area (Å²) in [6, 6.07) is 2.26. The van der Waals surface area contributed by atoms with Crippen LogP contribution >= 0.6 is 0 Å². The van der Waals surface area contributed by atoms with Crippen LogP contribution in [0, 0.1) is 23.2 Å². The van der Waals surface area contributed by atoms with Gasteiger partial charge in [0, 0.05) is 19.0 Å². The number of likely N-dealkylation sites (tertiary alicyclic amines) is 1. The first-order chi connectivity index (χ1) is 7.39. The average molecular weight is 223 g/mol. The third-order valence-corrected chi connectivity index (χ3v) is 3.62. The van der Waals surface area contributed by atoms with Crippen LogP contribution in [-0.2, 0) is 4.79 Å². The van der Waals surface area contributed by atoms with Crippen LogP contribution < -0.4 is 5.73 Å². The summed E-state index contributed by atoms with van der Waals surface area (Å²) in [7, 11) is 0. The number of nitrogens with two attached hydrogens (primary N) is 1. The van der Waals surface area contributed by atoms with Crippen LogP contribution in [-0.4, -0.2) is 29.4 Å². The molecule has 0 aliphatic carbocycles. The molecule has 0 spiro atoms. The minimum Gasteiger partial charge on any atom is -0.341 e. The molecule has 1 heterocycles. The predicted octanol–water partition coefficient (Wildman–Crippen LogP) is 1.12. The topological polar surface area (TPSA) is 70.1 Å². The van der Waals surface area contributed by atoms with Gasteiger partial charge in [0.2, 0.25) is 5.91 Å². The summed E-state index contributed by atoms with van der Waals surface area (Å²) in [5.41, 5.74) is 5.25. The van der Waals surface area contributed by atoms with Gasteiger partial charge in [-0.2, -0.15) is 5.26 Å². The standard InChI is InChI=1S/C12H21N3O/c1-9(2)12(3,14)11(16)15-6-4-10(8-13)5-7-15/h9-10H,4-7,14H2,1-3H3/t12-/m1/s1. The Bertz CT molecular complexity index is 296. The van der Waals surface area contributed by atoms with Gasteiger partial charge in [0.15, 0.2) is 0 Å². The van der Waals surface area contributed by atoms with E-state index in [0.717, 1.165) is 12.8 Å². The second-order valence-corrected chi connectivity index (χ2v) is 5.13. The Hall–Kier alpha value is -1.08. The summed E-state index contributed by atoms with van der Waals surface area (Å²) in [6.45, 7) is 7.03. The van der Waals surface area contributed by atoms with Crippen molar-refractivity contribution in [3.05, 3.63) is 0 Å². The Morgan fingerprint density at radius 3 is 2.38 bits per heavy atom. The molecule has 1 rings (SSSR count). The fraction of sp³-hybridized carbons (Fsp3) is 0.833. The van der Waals surface area contributed by atoms with Crippen molar-refractivity contribution in [3.63, 3.8) is 0 Å². The molecule has 4 heteroatoms. The molecule has 0 unspecified atom stereocenters. The SMILES string of the molecule is CC(C)[C@@](C)(N)C(=O)N1CCC(C#N)CC1. The summed E-state index contributed by atoms with van der Waals surface area (Å²) in [6.07, 6.45) is 1.55. The number of amides is 1. The smallest absolute Gasteiger partial charge is 0.242 e. The maximum Gasteiger partial charge on any atom is 0.242 e. The number of hydrogen-bond donors (Lipinski definition) is 1. The molecular formula is C12H21N3O. The van der Waals surface area contributed by atoms with Gasteiger partial charge in [0.25, 0.3) is 0 Å². The Morgan fingerprint density at radius 2 is 2.00 bits per heavy atom. The molecule has 0 aromatic rings. The summed E-state index contributed by atoms with van der Waals surface area (Å²) >= 11 is 0. The summed E-state index contributed by atoms with van der Waals surface area (Å²) in [5.74, 6) is 0.236. The molecule has 0 bridgehead atoms. The maximum atomic E-state index is 12.2. The monoisotopic (exact) mass is 223 g/mol. The quantitative estimate of drug-likeness (QED) is 0.762. The molecule has 0 aromatic heterocycles. The zero-order chi connectivity index (χ0) is 12.3. The first kappa shape index (κ1) is 13.0. The number of carbonyl (C=O) groups is 1. The van der Waals surface area contributed by atoms with E-state index in [1.807, 2.05) is 13.8 Å². The number of rotatable bonds is 2. The molecule has 0 radical (unpaired) electrons. The van der Waals surface area contributed by atoms with Crippen molar-refractivity contribution in [1.82, 2.24) is 4.90 Å². The van der Waals surface area contributed by atoms with E-state index < -0.39 is 5.54 Å². The van der Waals surface area contributed by atoms with Crippen LogP contribution in [0.1, 0.15) is 33.6 Å². The number of piperidine rings is 1. The number of carbonyl (C=O) groups excluding carboxylic acids is 1.